The Labute approximate surface area is 142 Å². The molecule has 0 amide bonds. The highest BCUT2D eigenvalue weighted by Gasteiger charge is 2.25. The molecular formula is C17H13Cl2NO3. The molecule has 1 aromatic heterocycles. The molecule has 0 fully saturated rings. The maximum absolute atomic E-state index is 12.5. The zero-order valence-electron chi connectivity index (χ0n) is 12.7. The van der Waals surface area contributed by atoms with Gasteiger partial charge in [0, 0.05) is 10.4 Å². The van der Waals surface area contributed by atoms with Gasteiger partial charge in [-0.15, -0.1) is 0 Å². The van der Waals surface area contributed by atoms with Crippen LogP contribution in [0.2, 0.25) is 10.0 Å². The molecule has 0 spiro atoms. The summed E-state index contributed by atoms with van der Waals surface area (Å²) in [5, 5.41) is 9.90. The van der Waals surface area contributed by atoms with E-state index >= 15 is 0 Å². The van der Waals surface area contributed by atoms with Crippen molar-refractivity contribution in [2.45, 2.75) is 20.8 Å². The summed E-state index contributed by atoms with van der Waals surface area (Å²) in [6, 6.07) is 4.73. The lowest BCUT2D eigenvalue weighted by molar-refractivity contribution is -0.121. The number of hydrogen-bond acceptors (Lipinski definition) is 4. The van der Waals surface area contributed by atoms with E-state index in [2.05, 4.69) is 0 Å². The number of halogens is 2. The number of benzene rings is 1. The van der Waals surface area contributed by atoms with Crippen molar-refractivity contribution >= 4 is 46.0 Å². The number of fused-ring (bicyclic) bond motifs is 1. The van der Waals surface area contributed by atoms with Crippen LogP contribution < -0.4 is 5.43 Å². The first-order chi connectivity index (χ1) is 10.6. The maximum atomic E-state index is 12.5. The highest BCUT2D eigenvalue weighted by atomic mass is 35.5. The topological polar surface area (TPSA) is 71.1 Å². The molecule has 0 aliphatic heterocycles. The van der Waals surface area contributed by atoms with Gasteiger partial charge in [-0.2, -0.15) is 5.26 Å². The third-order valence-corrected chi connectivity index (χ3v) is 3.66. The Kier molecular flexibility index (Phi) is 4.65. The summed E-state index contributed by atoms with van der Waals surface area (Å²) in [5.74, 6) is -0.358. The Balaban J connectivity index is 2.68. The molecule has 1 aromatic carbocycles. The van der Waals surface area contributed by atoms with Crippen molar-refractivity contribution in [3.8, 4) is 6.07 Å². The number of ketones is 1. The first-order valence-corrected chi connectivity index (χ1v) is 7.48. The minimum Gasteiger partial charge on any atom is -0.462 e. The molecule has 2 aromatic rings. The van der Waals surface area contributed by atoms with E-state index in [-0.39, 0.29) is 32.9 Å². The van der Waals surface area contributed by atoms with Gasteiger partial charge in [0.2, 0.25) is 0 Å². The lowest BCUT2D eigenvalue weighted by Gasteiger charge is -2.15. The molecule has 1 heterocycles. The van der Waals surface area contributed by atoms with Crippen LogP contribution in [0.25, 0.3) is 17.0 Å². The quantitative estimate of drug-likeness (QED) is 0.585. The Morgan fingerprint density at radius 1 is 1.30 bits per heavy atom. The van der Waals surface area contributed by atoms with Gasteiger partial charge in [-0.3, -0.25) is 9.59 Å². The van der Waals surface area contributed by atoms with Gasteiger partial charge in [-0.1, -0.05) is 44.0 Å². The smallest absolute Gasteiger partial charge is 0.200 e. The van der Waals surface area contributed by atoms with Gasteiger partial charge in [0.1, 0.15) is 12.3 Å². The van der Waals surface area contributed by atoms with Gasteiger partial charge in [-0.25, -0.2) is 0 Å². The first-order valence-electron chi connectivity index (χ1n) is 6.72. The molecule has 118 valence electrons. The largest absolute Gasteiger partial charge is 0.462 e. The van der Waals surface area contributed by atoms with Crippen LogP contribution in [-0.2, 0) is 4.79 Å². The second kappa shape index (κ2) is 6.19. The minimum absolute atomic E-state index is 0.0879. The van der Waals surface area contributed by atoms with Crippen molar-refractivity contribution in [2.75, 3.05) is 0 Å². The van der Waals surface area contributed by atoms with Gasteiger partial charge in [0.05, 0.1) is 21.5 Å². The Morgan fingerprint density at radius 3 is 2.52 bits per heavy atom. The predicted octanol–water partition coefficient (Wildman–Crippen LogP) is 4.62. The monoisotopic (exact) mass is 349 g/mol. The summed E-state index contributed by atoms with van der Waals surface area (Å²) in [6.07, 6.45) is 2.41. The first kappa shape index (κ1) is 17.3. The lowest BCUT2D eigenvalue weighted by atomic mass is 9.86. The van der Waals surface area contributed by atoms with Crippen molar-refractivity contribution in [2.24, 2.45) is 5.41 Å². The van der Waals surface area contributed by atoms with Crippen molar-refractivity contribution in [1.82, 2.24) is 0 Å². The van der Waals surface area contributed by atoms with Crippen LogP contribution in [0, 0.1) is 16.7 Å². The number of hydrogen-bond donors (Lipinski definition) is 0. The van der Waals surface area contributed by atoms with Gasteiger partial charge in [0.25, 0.3) is 0 Å². The fourth-order valence-corrected chi connectivity index (χ4v) is 2.53. The third kappa shape index (κ3) is 3.47. The molecule has 0 aliphatic rings. The highest BCUT2D eigenvalue weighted by molar-refractivity contribution is 6.38. The van der Waals surface area contributed by atoms with Gasteiger partial charge >= 0.3 is 0 Å². The molecule has 0 radical (unpaired) electrons. The molecular weight excluding hydrogens is 337 g/mol. The number of Topliss-reactive ketones (excluding diaryl/α,β-unsaturated/α-hetero) is 1. The molecule has 0 saturated carbocycles. The van der Waals surface area contributed by atoms with E-state index in [0.717, 1.165) is 0 Å². The SMILES string of the molecule is CC(C)(C)C(=O)C(C#N)=Cc1coc2c(Cl)cc(Cl)cc2c1=O. The summed E-state index contributed by atoms with van der Waals surface area (Å²) in [7, 11) is 0. The minimum atomic E-state index is -0.731. The van der Waals surface area contributed by atoms with Gasteiger partial charge in [-0.05, 0) is 18.2 Å². The Bertz CT molecular complexity index is 928. The summed E-state index contributed by atoms with van der Waals surface area (Å²) < 4.78 is 5.36. The Hall–Kier alpha value is -2.09. The van der Waals surface area contributed by atoms with Gasteiger partial charge in [0.15, 0.2) is 16.8 Å². The van der Waals surface area contributed by atoms with E-state index in [1.54, 1.807) is 20.8 Å². The zero-order chi connectivity index (χ0) is 17.4. The zero-order valence-corrected chi connectivity index (χ0v) is 14.2. The highest BCUT2D eigenvalue weighted by Crippen LogP contribution is 2.27. The third-order valence-electron chi connectivity index (χ3n) is 3.17. The summed E-state index contributed by atoms with van der Waals surface area (Å²) >= 11 is 11.9. The van der Waals surface area contributed by atoms with Crippen LogP contribution in [0.4, 0.5) is 0 Å². The van der Waals surface area contributed by atoms with Crippen molar-refractivity contribution < 1.29 is 9.21 Å². The molecule has 0 saturated heterocycles. The maximum Gasteiger partial charge on any atom is 0.200 e. The van der Waals surface area contributed by atoms with Crippen LogP contribution in [0.1, 0.15) is 26.3 Å². The molecule has 0 atom stereocenters. The number of allylic oxidation sites excluding steroid dienone is 1. The fourth-order valence-electron chi connectivity index (χ4n) is 1.99. The number of carbonyl (C=O) groups excluding carboxylic acids is 1. The molecule has 6 heteroatoms. The molecule has 0 bridgehead atoms. The van der Waals surface area contributed by atoms with E-state index in [1.807, 2.05) is 6.07 Å². The molecule has 23 heavy (non-hydrogen) atoms. The number of nitrogens with zero attached hydrogens (tertiary/aromatic N) is 1. The van der Waals surface area contributed by atoms with Crippen LogP contribution in [-0.4, -0.2) is 5.78 Å². The molecule has 4 nitrogen and oxygen atoms in total. The second-order valence-corrected chi connectivity index (χ2v) is 6.88. The Morgan fingerprint density at radius 2 is 1.96 bits per heavy atom. The molecule has 0 N–H and O–H groups in total. The van der Waals surface area contributed by atoms with Gasteiger partial charge < -0.3 is 4.42 Å². The van der Waals surface area contributed by atoms with Crippen LogP contribution in [0.3, 0.4) is 0 Å². The normalized spacial score (nSPS) is 12.3. The van der Waals surface area contributed by atoms with Crippen molar-refractivity contribution in [3.63, 3.8) is 0 Å². The summed E-state index contributed by atoms with van der Waals surface area (Å²) in [6.45, 7) is 5.09. The molecule has 2 rings (SSSR count). The molecule has 0 unspecified atom stereocenters. The van der Waals surface area contributed by atoms with E-state index in [9.17, 15) is 14.9 Å². The number of rotatable bonds is 2. The summed E-state index contributed by atoms with van der Waals surface area (Å²) in [4.78, 5) is 24.7. The van der Waals surface area contributed by atoms with E-state index in [1.165, 1.54) is 24.5 Å². The van der Waals surface area contributed by atoms with Crippen LogP contribution in [0.15, 0.2) is 33.2 Å². The van der Waals surface area contributed by atoms with Crippen LogP contribution >= 0.6 is 23.2 Å². The average Bonchev–Trinajstić information content (AvgIpc) is 2.45. The van der Waals surface area contributed by atoms with Crippen molar-refractivity contribution in [1.29, 1.82) is 5.26 Å². The average molecular weight is 350 g/mol. The van der Waals surface area contributed by atoms with Crippen molar-refractivity contribution in [3.05, 3.63) is 49.8 Å². The fraction of sp³-hybridized carbons (Fsp3) is 0.235. The van der Waals surface area contributed by atoms with E-state index in [4.69, 9.17) is 27.6 Å². The lowest BCUT2D eigenvalue weighted by Crippen LogP contribution is -2.21. The van der Waals surface area contributed by atoms with Crippen LogP contribution in [0.5, 0.6) is 0 Å². The second-order valence-electron chi connectivity index (χ2n) is 6.03. The molecule has 0 aliphatic carbocycles. The van der Waals surface area contributed by atoms with E-state index < -0.39 is 10.8 Å². The summed E-state index contributed by atoms with van der Waals surface area (Å²) in [5.41, 5.74) is -0.961. The predicted molar refractivity (Wildman–Crippen MR) is 90.6 cm³/mol. The van der Waals surface area contributed by atoms with E-state index in [0.29, 0.717) is 5.02 Å². The number of carbonyl (C=O) groups is 1. The standard InChI is InChI=1S/C17H13Cl2NO3/c1-17(2,3)16(22)9(7-20)4-10-8-23-15-12(14(10)21)5-11(18)6-13(15)19/h4-6,8H,1-3H3. The number of nitriles is 1.